The molecule has 5 atom stereocenters. The first-order valence-electron chi connectivity index (χ1n) is 12.9. The highest BCUT2D eigenvalue weighted by Gasteiger charge is 2.71. The van der Waals surface area contributed by atoms with E-state index in [-0.39, 0.29) is 36.1 Å². The molecular formula is C28H35N3O5S. The average molecular weight is 526 g/mol. The Kier molecular flexibility index (Phi) is 6.64. The predicted octanol–water partition coefficient (Wildman–Crippen LogP) is 2.47. The number of hydrogen-bond donors (Lipinski definition) is 1. The molecule has 0 saturated carbocycles. The third-order valence-electron chi connectivity index (χ3n) is 7.77. The summed E-state index contributed by atoms with van der Waals surface area (Å²) in [5.41, 5.74) is 0.303. The Bertz CT molecular complexity index is 1140. The fourth-order valence-electron chi connectivity index (χ4n) is 6.21. The van der Waals surface area contributed by atoms with E-state index in [1.165, 1.54) is 4.90 Å². The molecule has 0 aliphatic carbocycles. The van der Waals surface area contributed by atoms with Crippen LogP contribution in [0, 0.1) is 11.8 Å². The SMILES string of the molecule is CCOc1ccc(N2CC=C[C@@H]3S[C@]45C=CCN(C(C)(C)C)C(=O)C4N(CCO)C(=O)[C@@H]5[C@@H]3C2=O)cc1. The highest BCUT2D eigenvalue weighted by molar-refractivity contribution is 8.02. The molecule has 0 bridgehead atoms. The van der Waals surface area contributed by atoms with Crippen LogP contribution in [0.1, 0.15) is 27.7 Å². The fraction of sp³-hybridized carbons (Fsp3) is 0.536. The lowest BCUT2D eigenvalue weighted by atomic mass is 9.78. The Morgan fingerprint density at radius 2 is 1.78 bits per heavy atom. The van der Waals surface area contributed by atoms with Crippen molar-refractivity contribution in [3.8, 4) is 5.75 Å². The molecule has 1 spiro atoms. The standard InChI is InChI=1S/C28H35N3O5S/c1-5-36-19-11-9-18(10-12-19)29-14-6-8-20-21(24(29)33)22-25(34)30(16-17-32)23-26(35)31(27(2,3)4)15-7-13-28(22,23)37-20/h6-13,20-23,32H,5,14-17H2,1-4H3/t20-,21+,22-,23?,28-/m0/s1. The van der Waals surface area contributed by atoms with Crippen molar-refractivity contribution in [3.05, 3.63) is 48.6 Å². The van der Waals surface area contributed by atoms with Gasteiger partial charge in [-0.15, -0.1) is 11.8 Å². The number of thioether (sulfide) groups is 1. The van der Waals surface area contributed by atoms with Crippen LogP contribution in [0.3, 0.4) is 0 Å². The summed E-state index contributed by atoms with van der Waals surface area (Å²) < 4.78 is 4.68. The van der Waals surface area contributed by atoms with Gasteiger partial charge in [0.05, 0.1) is 29.8 Å². The van der Waals surface area contributed by atoms with Gasteiger partial charge in [-0.2, -0.15) is 0 Å². The quantitative estimate of drug-likeness (QED) is 0.594. The molecule has 2 fully saturated rings. The molecule has 9 heteroatoms. The van der Waals surface area contributed by atoms with Crippen molar-refractivity contribution in [1.29, 1.82) is 0 Å². The van der Waals surface area contributed by atoms with E-state index in [2.05, 4.69) is 0 Å². The number of carbonyl (C=O) groups is 3. The predicted molar refractivity (Wildman–Crippen MR) is 143 cm³/mol. The van der Waals surface area contributed by atoms with E-state index in [0.717, 1.165) is 11.4 Å². The Morgan fingerprint density at radius 3 is 2.43 bits per heavy atom. The van der Waals surface area contributed by atoms with E-state index in [4.69, 9.17) is 4.74 Å². The minimum absolute atomic E-state index is 0.0594. The van der Waals surface area contributed by atoms with Gasteiger partial charge in [0.1, 0.15) is 11.8 Å². The largest absolute Gasteiger partial charge is 0.494 e. The summed E-state index contributed by atoms with van der Waals surface area (Å²) in [6, 6.07) is 6.64. The molecule has 2 saturated heterocycles. The van der Waals surface area contributed by atoms with E-state index in [9.17, 15) is 19.5 Å². The van der Waals surface area contributed by atoms with Crippen molar-refractivity contribution in [1.82, 2.24) is 9.80 Å². The van der Waals surface area contributed by atoms with Crippen LogP contribution in [0.15, 0.2) is 48.6 Å². The first kappa shape index (κ1) is 25.9. The van der Waals surface area contributed by atoms with Crippen molar-refractivity contribution >= 4 is 35.2 Å². The number of rotatable bonds is 5. The fourth-order valence-corrected chi connectivity index (χ4v) is 8.22. The highest BCUT2D eigenvalue weighted by atomic mass is 32.2. The summed E-state index contributed by atoms with van der Waals surface area (Å²) in [4.78, 5) is 47.2. The molecule has 4 aliphatic heterocycles. The number of carbonyl (C=O) groups excluding carboxylic acids is 3. The lowest BCUT2D eigenvalue weighted by Gasteiger charge is -2.40. The molecule has 4 heterocycles. The van der Waals surface area contributed by atoms with E-state index >= 15 is 0 Å². The van der Waals surface area contributed by atoms with Crippen molar-refractivity contribution in [2.75, 3.05) is 37.7 Å². The van der Waals surface area contributed by atoms with Gasteiger partial charge in [-0.25, -0.2) is 0 Å². The van der Waals surface area contributed by atoms with E-state index in [1.807, 2.05) is 76.3 Å². The second kappa shape index (κ2) is 9.51. The van der Waals surface area contributed by atoms with Gasteiger partial charge in [0.25, 0.3) is 0 Å². The molecule has 5 rings (SSSR count). The molecule has 198 valence electrons. The number of amides is 3. The molecule has 1 aromatic carbocycles. The van der Waals surface area contributed by atoms with Crippen LogP contribution in [0.25, 0.3) is 0 Å². The van der Waals surface area contributed by atoms with Crippen LogP contribution >= 0.6 is 11.8 Å². The second-order valence-electron chi connectivity index (χ2n) is 10.9. The summed E-state index contributed by atoms with van der Waals surface area (Å²) in [7, 11) is 0. The Labute approximate surface area is 222 Å². The monoisotopic (exact) mass is 525 g/mol. The molecule has 1 aromatic rings. The van der Waals surface area contributed by atoms with Crippen molar-refractivity contribution in [2.45, 2.75) is 49.3 Å². The maximum absolute atomic E-state index is 14.2. The zero-order chi connectivity index (χ0) is 26.5. The zero-order valence-electron chi connectivity index (χ0n) is 21.8. The number of nitrogens with zero attached hydrogens (tertiary/aromatic N) is 3. The van der Waals surface area contributed by atoms with Crippen molar-refractivity contribution < 1.29 is 24.2 Å². The third kappa shape index (κ3) is 4.07. The number of anilines is 1. The highest BCUT2D eigenvalue weighted by Crippen LogP contribution is 2.61. The summed E-state index contributed by atoms with van der Waals surface area (Å²) >= 11 is 1.55. The number of hydrogen-bond acceptors (Lipinski definition) is 6. The minimum Gasteiger partial charge on any atom is -0.494 e. The number of benzene rings is 1. The molecule has 0 aromatic heterocycles. The van der Waals surface area contributed by atoms with E-state index < -0.39 is 28.2 Å². The number of aliphatic hydroxyl groups excluding tert-OH is 1. The summed E-state index contributed by atoms with van der Waals surface area (Å²) in [5.74, 6) is -1.07. The van der Waals surface area contributed by atoms with Crippen LogP contribution in [-0.4, -0.2) is 87.1 Å². The lowest BCUT2D eigenvalue weighted by molar-refractivity contribution is -0.145. The Morgan fingerprint density at radius 1 is 1.05 bits per heavy atom. The first-order chi connectivity index (χ1) is 17.6. The topological polar surface area (TPSA) is 90.4 Å². The summed E-state index contributed by atoms with van der Waals surface area (Å²) in [6.07, 6.45) is 7.99. The zero-order valence-corrected chi connectivity index (χ0v) is 22.6. The maximum atomic E-state index is 14.2. The molecular weight excluding hydrogens is 490 g/mol. The molecule has 1 unspecified atom stereocenters. The van der Waals surface area contributed by atoms with Gasteiger partial charge in [-0.1, -0.05) is 24.3 Å². The van der Waals surface area contributed by atoms with Gasteiger partial charge < -0.3 is 24.5 Å². The maximum Gasteiger partial charge on any atom is 0.247 e. The van der Waals surface area contributed by atoms with Crippen LogP contribution in [0.2, 0.25) is 0 Å². The van der Waals surface area contributed by atoms with Crippen LogP contribution in [0.4, 0.5) is 5.69 Å². The number of aliphatic hydroxyl groups is 1. The summed E-state index contributed by atoms with van der Waals surface area (Å²) in [6.45, 7) is 9.08. The van der Waals surface area contributed by atoms with Gasteiger partial charge in [-0.05, 0) is 52.0 Å². The Balaban J connectivity index is 1.55. The minimum atomic E-state index is -0.875. The van der Waals surface area contributed by atoms with Gasteiger partial charge in [0, 0.05) is 36.1 Å². The smallest absolute Gasteiger partial charge is 0.247 e. The van der Waals surface area contributed by atoms with Crippen molar-refractivity contribution in [3.63, 3.8) is 0 Å². The molecule has 0 radical (unpaired) electrons. The van der Waals surface area contributed by atoms with Gasteiger partial charge in [-0.3, -0.25) is 14.4 Å². The van der Waals surface area contributed by atoms with Crippen LogP contribution in [0.5, 0.6) is 5.75 Å². The third-order valence-corrected chi connectivity index (χ3v) is 9.51. The van der Waals surface area contributed by atoms with E-state index in [0.29, 0.717) is 19.7 Å². The molecule has 4 aliphatic rings. The van der Waals surface area contributed by atoms with Gasteiger partial charge in [0.15, 0.2) is 0 Å². The first-order valence-corrected chi connectivity index (χ1v) is 13.8. The average Bonchev–Trinajstić information content (AvgIpc) is 3.14. The van der Waals surface area contributed by atoms with Gasteiger partial charge >= 0.3 is 0 Å². The number of likely N-dealkylation sites (tertiary alicyclic amines) is 1. The normalized spacial score (nSPS) is 31.3. The molecule has 8 nitrogen and oxygen atoms in total. The van der Waals surface area contributed by atoms with Crippen molar-refractivity contribution in [2.24, 2.45) is 11.8 Å². The Hall–Kier alpha value is -2.78. The lowest BCUT2D eigenvalue weighted by Crippen LogP contribution is -2.57. The molecule has 3 amide bonds. The van der Waals surface area contributed by atoms with Crippen LogP contribution in [-0.2, 0) is 14.4 Å². The second-order valence-corrected chi connectivity index (χ2v) is 12.4. The molecule has 1 N–H and O–H groups in total. The van der Waals surface area contributed by atoms with Gasteiger partial charge in [0.2, 0.25) is 17.7 Å². The number of ether oxygens (including phenoxy) is 1. The molecule has 37 heavy (non-hydrogen) atoms. The van der Waals surface area contributed by atoms with Crippen LogP contribution < -0.4 is 9.64 Å². The van der Waals surface area contributed by atoms with E-state index in [1.54, 1.807) is 21.6 Å². The summed E-state index contributed by atoms with van der Waals surface area (Å²) in [5, 5.41) is 9.59. The number of fused-ring (bicyclic) bond motifs is 2. The number of β-amino-alcohol motifs (C(OH)–C–C–N with tert-alkyl or cyclic N) is 1.